The summed E-state index contributed by atoms with van der Waals surface area (Å²) in [6.45, 7) is 0. The fourth-order valence-electron chi connectivity index (χ4n) is 3.23. The second kappa shape index (κ2) is 11.4. The van der Waals surface area contributed by atoms with Crippen molar-refractivity contribution in [1.82, 2.24) is 14.6 Å². The summed E-state index contributed by atoms with van der Waals surface area (Å²) in [4.78, 5) is 32.7. The molecule has 0 aliphatic heterocycles. The van der Waals surface area contributed by atoms with Gasteiger partial charge in [0.25, 0.3) is 27.3 Å². The van der Waals surface area contributed by atoms with Crippen molar-refractivity contribution in [1.29, 1.82) is 0 Å². The van der Waals surface area contributed by atoms with Crippen molar-refractivity contribution in [2.24, 2.45) is 0 Å². The fraction of sp³-hybridized carbons (Fsp3) is 0.136. The molecule has 0 aliphatic carbocycles. The van der Waals surface area contributed by atoms with Gasteiger partial charge in [-0.15, -0.1) is 4.41 Å². The SMILES string of the molecule is CN(NC(=O)[C@H](Cc1ccccc1)NS(=O)(=O)c1ccc([N+](=O)[O-])cc1)S(=O)(=O)c1ccc([N+](=O)[O-])cc1. The zero-order valence-corrected chi connectivity index (χ0v) is 21.3. The van der Waals surface area contributed by atoms with Crippen molar-refractivity contribution in [3.63, 3.8) is 0 Å². The van der Waals surface area contributed by atoms with E-state index in [0.29, 0.717) is 9.98 Å². The van der Waals surface area contributed by atoms with Gasteiger partial charge in [0.15, 0.2) is 0 Å². The first-order valence-electron chi connectivity index (χ1n) is 10.7. The lowest BCUT2D eigenvalue weighted by Crippen LogP contribution is -2.53. The minimum Gasteiger partial charge on any atom is -0.274 e. The predicted molar refractivity (Wildman–Crippen MR) is 134 cm³/mol. The van der Waals surface area contributed by atoms with Crippen LogP contribution in [0.25, 0.3) is 0 Å². The van der Waals surface area contributed by atoms with Crippen LogP contribution in [0.5, 0.6) is 0 Å². The molecule has 3 aromatic carbocycles. The molecule has 1 atom stereocenters. The van der Waals surface area contributed by atoms with Crippen LogP contribution in [0.4, 0.5) is 11.4 Å². The Labute approximate surface area is 217 Å². The number of carbonyl (C=O) groups is 1. The first kappa shape index (κ1) is 28.3. The van der Waals surface area contributed by atoms with Crippen molar-refractivity contribution >= 4 is 37.3 Å². The van der Waals surface area contributed by atoms with Gasteiger partial charge in [-0.1, -0.05) is 30.3 Å². The number of nitrogens with zero attached hydrogens (tertiary/aromatic N) is 3. The minimum absolute atomic E-state index is 0.162. The Morgan fingerprint density at radius 1 is 0.816 bits per heavy atom. The zero-order valence-electron chi connectivity index (χ0n) is 19.6. The molecule has 0 fully saturated rings. The maximum atomic E-state index is 13.1. The molecule has 3 aromatic rings. The number of carbonyl (C=O) groups excluding carboxylic acids is 1. The van der Waals surface area contributed by atoms with E-state index in [1.165, 1.54) is 0 Å². The van der Waals surface area contributed by atoms with Crippen molar-refractivity contribution in [3.05, 3.63) is 105 Å². The number of benzene rings is 3. The summed E-state index contributed by atoms with van der Waals surface area (Å²) >= 11 is 0. The number of hydrogen-bond donors (Lipinski definition) is 2. The Morgan fingerprint density at radius 2 is 1.29 bits per heavy atom. The second-order valence-electron chi connectivity index (χ2n) is 7.81. The van der Waals surface area contributed by atoms with Gasteiger partial charge >= 0.3 is 0 Å². The number of sulfonamides is 2. The smallest absolute Gasteiger partial charge is 0.269 e. The van der Waals surface area contributed by atoms with E-state index in [1.807, 2.05) is 0 Å². The van der Waals surface area contributed by atoms with Crippen LogP contribution < -0.4 is 10.1 Å². The molecule has 200 valence electrons. The van der Waals surface area contributed by atoms with Crippen molar-refractivity contribution in [2.75, 3.05) is 7.05 Å². The minimum atomic E-state index is -4.37. The van der Waals surface area contributed by atoms with Gasteiger partial charge in [-0.3, -0.25) is 30.4 Å². The Hall–Kier alpha value is -4.25. The van der Waals surface area contributed by atoms with Crippen molar-refractivity contribution in [2.45, 2.75) is 22.3 Å². The summed E-state index contributed by atoms with van der Waals surface area (Å²) in [6, 6.07) is 14.8. The lowest BCUT2D eigenvalue weighted by Gasteiger charge is -2.23. The number of nitro groups is 2. The van der Waals surface area contributed by atoms with Gasteiger partial charge in [0.05, 0.1) is 19.6 Å². The third kappa shape index (κ3) is 6.74. The largest absolute Gasteiger partial charge is 0.274 e. The monoisotopic (exact) mass is 563 g/mol. The predicted octanol–water partition coefficient (Wildman–Crippen LogP) is 1.74. The van der Waals surface area contributed by atoms with Gasteiger partial charge in [-0.05, 0) is 36.2 Å². The normalized spacial score (nSPS) is 12.6. The summed E-state index contributed by atoms with van der Waals surface area (Å²) in [5, 5.41) is 21.7. The standard InChI is InChI=1S/C22H21N5O9S2/c1-25(38(35,36)20-13-9-18(10-14-20)27(31)32)23-22(28)21(15-16-5-3-2-4-6-16)24-37(33,34)19-11-7-17(8-12-19)26(29)30/h2-14,21,24H,15H2,1H3,(H,23,28)/t21-/m0/s1. The lowest BCUT2D eigenvalue weighted by molar-refractivity contribution is -0.385. The molecule has 0 saturated carbocycles. The highest BCUT2D eigenvalue weighted by molar-refractivity contribution is 7.89. The maximum absolute atomic E-state index is 13.1. The average Bonchev–Trinajstić information content (AvgIpc) is 2.88. The van der Waals surface area contributed by atoms with Crippen LogP contribution in [0.2, 0.25) is 0 Å². The molecule has 0 aliphatic rings. The molecule has 2 N–H and O–H groups in total. The number of amides is 1. The van der Waals surface area contributed by atoms with Crippen molar-refractivity contribution < 1.29 is 31.5 Å². The fourth-order valence-corrected chi connectivity index (χ4v) is 5.43. The highest BCUT2D eigenvalue weighted by Crippen LogP contribution is 2.19. The molecule has 0 aromatic heterocycles. The van der Waals surface area contributed by atoms with Gasteiger partial charge in [-0.25, -0.2) is 16.8 Å². The molecule has 0 spiro atoms. The first-order chi connectivity index (χ1) is 17.8. The Kier molecular flexibility index (Phi) is 8.52. The van der Waals surface area contributed by atoms with Crippen LogP contribution in [0.15, 0.2) is 88.7 Å². The Balaban J connectivity index is 1.85. The molecule has 1 amide bonds. The topological polar surface area (TPSA) is 199 Å². The van der Waals surface area contributed by atoms with Crippen molar-refractivity contribution in [3.8, 4) is 0 Å². The third-order valence-electron chi connectivity index (χ3n) is 5.23. The maximum Gasteiger partial charge on any atom is 0.269 e. The molecule has 0 bridgehead atoms. The molecule has 3 rings (SSSR count). The molecule has 16 heteroatoms. The highest BCUT2D eigenvalue weighted by atomic mass is 32.2. The van der Waals surface area contributed by atoms with E-state index in [9.17, 15) is 41.9 Å². The molecular formula is C22H21N5O9S2. The highest BCUT2D eigenvalue weighted by Gasteiger charge is 2.30. The van der Waals surface area contributed by atoms with Gasteiger partial charge in [0.2, 0.25) is 10.0 Å². The van der Waals surface area contributed by atoms with E-state index in [1.54, 1.807) is 30.3 Å². The summed E-state index contributed by atoms with van der Waals surface area (Å²) in [6.07, 6.45) is -0.162. The zero-order chi connectivity index (χ0) is 28.1. The number of nitro benzene ring substituents is 2. The Bertz CT molecular complexity index is 1540. The van der Waals surface area contributed by atoms with Gasteiger partial charge < -0.3 is 0 Å². The molecule has 0 saturated heterocycles. The van der Waals surface area contributed by atoms with Crippen LogP contribution in [0.1, 0.15) is 5.56 Å². The van der Waals surface area contributed by atoms with E-state index < -0.39 is 41.8 Å². The summed E-state index contributed by atoms with van der Waals surface area (Å²) in [5.41, 5.74) is 2.02. The van der Waals surface area contributed by atoms with Crippen LogP contribution >= 0.6 is 0 Å². The Morgan fingerprint density at radius 3 is 1.76 bits per heavy atom. The molecule has 0 unspecified atom stereocenters. The van der Waals surface area contributed by atoms with E-state index in [4.69, 9.17) is 0 Å². The molecule has 38 heavy (non-hydrogen) atoms. The number of hydrogen-bond acceptors (Lipinski definition) is 9. The number of non-ortho nitro benzene ring substituents is 2. The van der Waals surface area contributed by atoms with Gasteiger partial charge in [0, 0.05) is 31.3 Å². The molecular weight excluding hydrogens is 542 g/mol. The van der Waals surface area contributed by atoms with E-state index >= 15 is 0 Å². The van der Waals surface area contributed by atoms with Gasteiger partial charge in [-0.2, -0.15) is 4.72 Å². The number of nitrogens with one attached hydrogen (secondary N) is 2. The van der Waals surface area contributed by atoms with Crippen LogP contribution in [-0.4, -0.2) is 50.1 Å². The van der Waals surface area contributed by atoms with Crippen LogP contribution in [-0.2, 0) is 31.3 Å². The van der Waals surface area contributed by atoms with Crippen LogP contribution in [0, 0.1) is 20.2 Å². The molecule has 14 nitrogen and oxygen atoms in total. The van der Waals surface area contributed by atoms with Crippen LogP contribution in [0.3, 0.4) is 0 Å². The number of rotatable bonds is 11. The number of hydrazine groups is 1. The lowest BCUT2D eigenvalue weighted by atomic mass is 10.1. The average molecular weight is 564 g/mol. The summed E-state index contributed by atoms with van der Waals surface area (Å²) in [5.74, 6) is -1.02. The molecule has 0 radical (unpaired) electrons. The van der Waals surface area contributed by atoms with E-state index in [-0.39, 0.29) is 27.6 Å². The molecule has 0 heterocycles. The third-order valence-corrected chi connectivity index (χ3v) is 8.40. The first-order valence-corrected chi connectivity index (χ1v) is 13.6. The summed E-state index contributed by atoms with van der Waals surface area (Å²) < 4.78 is 54.3. The quantitative estimate of drug-likeness (QED) is 0.258. The second-order valence-corrected chi connectivity index (χ2v) is 11.5. The van der Waals surface area contributed by atoms with E-state index in [0.717, 1.165) is 55.6 Å². The summed E-state index contributed by atoms with van der Waals surface area (Å²) in [7, 11) is -7.71. The van der Waals surface area contributed by atoms with E-state index in [2.05, 4.69) is 10.1 Å². The van der Waals surface area contributed by atoms with Gasteiger partial charge in [0.1, 0.15) is 6.04 Å².